The first-order valence-corrected chi connectivity index (χ1v) is 16.4. The number of amides is 1. The minimum Gasteiger partial charge on any atom is -0.432 e. The van der Waals surface area contributed by atoms with E-state index in [1.165, 1.54) is 4.68 Å². The Balaban J connectivity index is 1.34. The van der Waals surface area contributed by atoms with Crippen molar-refractivity contribution in [2.24, 2.45) is 5.92 Å². The van der Waals surface area contributed by atoms with Gasteiger partial charge in [-0.1, -0.05) is 49.4 Å². The lowest BCUT2D eigenvalue weighted by molar-refractivity contribution is -0.146. The summed E-state index contributed by atoms with van der Waals surface area (Å²) in [6.07, 6.45) is -0.0276. The standard InChI is InChI=1S/C30H33N3O5Si/c1-19-27(39(2,3)37)26(16-17-34)38-30(19)23-9-5-7-11-25(23)32(29(30)36)18-20-12-14-21(15-13-20)33-28(35)22-8-4-6-10-24(22)31-33/h4-15,19,26-27,31,34,37H,16-18H2,1-3H3/t19-,26+,27-,30+/m1/s1. The van der Waals surface area contributed by atoms with Crippen molar-refractivity contribution in [2.75, 3.05) is 11.5 Å². The smallest absolute Gasteiger partial charge is 0.279 e. The van der Waals surface area contributed by atoms with Crippen LogP contribution in [0, 0.1) is 5.92 Å². The van der Waals surface area contributed by atoms with Crippen LogP contribution >= 0.6 is 0 Å². The SMILES string of the molecule is C[C@@H]1[C@@H]([Si](C)(C)O)[C@H](CCO)O[C@@]12C(=O)N(Cc1ccc(-n3[nH]c4ccccc4c3=O)cc1)c1ccccc12. The van der Waals surface area contributed by atoms with E-state index in [1.807, 2.05) is 86.7 Å². The van der Waals surface area contributed by atoms with Crippen LogP contribution in [0.3, 0.4) is 0 Å². The van der Waals surface area contributed by atoms with Crippen molar-refractivity contribution in [2.45, 2.75) is 50.2 Å². The molecule has 1 fully saturated rings. The zero-order chi connectivity index (χ0) is 27.5. The molecular weight excluding hydrogens is 510 g/mol. The van der Waals surface area contributed by atoms with Crippen molar-refractivity contribution in [1.29, 1.82) is 0 Å². The molecule has 0 radical (unpaired) electrons. The zero-order valence-corrected chi connectivity index (χ0v) is 23.3. The van der Waals surface area contributed by atoms with Crippen LogP contribution in [0.2, 0.25) is 18.6 Å². The quantitative estimate of drug-likeness (QED) is 0.318. The number of carbonyl (C=O) groups is 1. The van der Waals surface area contributed by atoms with Crippen LogP contribution in [-0.4, -0.2) is 46.6 Å². The molecule has 4 atom stereocenters. The molecule has 3 N–H and O–H groups in total. The second-order valence-electron chi connectivity index (χ2n) is 11.2. The van der Waals surface area contributed by atoms with Crippen LogP contribution in [0.4, 0.5) is 5.69 Å². The highest BCUT2D eigenvalue weighted by Crippen LogP contribution is 2.59. The first-order chi connectivity index (χ1) is 18.7. The maximum Gasteiger partial charge on any atom is 0.279 e. The van der Waals surface area contributed by atoms with Crippen molar-refractivity contribution < 1.29 is 19.4 Å². The molecule has 4 aromatic rings. The maximum absolute atomic E-state index is 14.3. The highest BCUT2D eigenvalue weighted by Gasteiger charge is 2.65. The third-order valence-corrected chi connectivity index (χ3v) is 10.9. The number of fused-ring (bicyclic) bond motifs is 3. The highest BCUT2D eigenvalue weighted by molar-refractivity contribution is 6.71. The van der Waals surface area contributed by atoms with Gasteiger partial charge in [-0.05, 0) is 55.4 Å². The lowest BCUT2D eigenvalue weighted by atomic mass is 9.82. The molecule has 2 aliphatic heterocycles. The second-order valence-corrected chi connectivity index (χ2v) is 15.2. The minimum atomic E-state index is -2.72. The Morgan fingerprint density at radius 3 is 2.38 bits per heavy atom. The molecule has 202 valence electrons. The van der Waals surface area contributed by atoms with Crippen molar-refractivity contribution in [3.8, 4) is 5.69 Å². The number of carbonyl (C=O) groups excluding carboxylic acids is 1. The number of benzene rings is 3. The molecule has 6 rings (SSSR count). The van der Waals surface area contributed by atoms with E-state index in [1.54, 1.807) is 11.0 Å². The Hall–Kier alpha value is -3.50. The summed E-state index contributed by atoms with van der Waals surface area (Å²) in [6.45, 7) is 6.02. The number of aliphatic hydroxyl groups excluding tert-OH is 1. The summed E-state index contributed by atoms with van der Waals surface area (Å²) in [5, 5.41) is 13.5. The number of hydrogen-bond acceptors (Lipinski definition) is 5. The van der Waals surface area contributed by atoms with E-state index >= 15 is 0 Å². The Morgan fingerprint density at radius 1 is 1.00 bits per heavy atom. The Labute approximate surface area is 227 Å². The van der Waals surface area contributed by atoms with E-state index in [0.717, 1.165) is 22.3 Å². The van der Waals surface area contributed by atoms with Crippen LogP contribution in [0.15, 0.2) is 77.6 Å². The van der Waals surface area contributed by atoms with E-state index in [2.05, 4.69) is 5.10 Å². The fraction of sp³-hybridized carbons (Fsp3) is 0.333. The zero-order valence-electron chi connectivity index (χ0n) is 22.3. The topological polar surface area (TPSA) is 108 Å². The molecule has 1 spiro atoms. The minimum absolute atomic E-state index is 0.0696. The number of hydrogen-bond donors (Lipinski definition) is 3. The number of H-pyrrole nitrogens is 1. The lowest BCUT2D eigenvalue weighted by Gasteiger charge is -2.32. The molecule has 0 unspecified atom stereocenters. The Morgan fingerprint density at radius 2 is 1.69 bits per heavy atom. The Kier molecular flexibility index (Phi) is 6.15. The van der Waals surface area contributed by atoms with Gasteiger partial charge in [-0.3, -0.25) is 14.7 Å². The summed E-state index contributed by atoms with van der Waals surface area (Å²) < 4.78 is 8.13. The molecular formula is C30H33N3O5Si. The van der Waals surface area contributed by atoms with Gasteiger partial charge in [0.2, 0.25) is 0 Å². The van der Waals surface area contributed by atoms with Crippen molar-refractivity contribution >= 4 is 30.8 Å². The van der Waals surface area contributed by atoms with E-state index in [-0.39, 0.29) is 29.5 Å². The molecule has 0 aliphatic carbocycles. The van der Waals surface area contributed by atoms with E-state index in [9.17, 15) is 19.5 Å². The average molecular weight is 544 g/mol. The monoisotopic (exact) mass is 543 g/mol. The molecule has 3 heterocycles. The number of nitrogens with one attached hydrogen (secondary N) is 1. The summed E-state index contributed by atoms with van der Waals surface area (Å²) in [5.41, 5.74) is 2.49. The highest BCUT2D eigenvalue weighted by atomic mass is 28.4. The molecule has 3 aromatic carbocycles. The molecule has 8 nitrogen and oxygen atoms in total. The number of aromatic amines is 1. The lowest BCUT2D eigenvalue weighted by Crippen LogP contribution is -2.46. The average Bonchev–Trinajstić information content (AvgIpc) is 3.49. The fourth-order valence-corrected chi connectivity index (χ4v) is 9.36. The molecule has 1 amide bonds. The van der Waals surface area contributed by atoms with Gasteiger partial charge in [0, 0.05) is 23.6 Å². The number of nitrogens with zero attached hydrogens (tertiary/aromatic N) is 2. The van der Waals surface area contributed by atoms with E-state index in [0.29, 0.717) is 24.0 Å². The van der Waals surface area contributed by atoms with Gasteiger partial charge < -0.3 is 19.5 Å². The molecule has 2 aliphatic rings. The number of ether oxygens (including phenoxy) is 1. The van der Waals surface area contributed by atoms with Gasteiger partial charge >= 0.3 is 0 Å². The number of rotatable bonds is 6. The first kappa shape index (κ1) is 25.8. The van der Waals surface area contributed by atoms with Crippen LogP contribution in [0.25, 0.3) is 16.6 Å². The van der Waals surface area contributed by atoms with Crippen molar-refractivity contribution in [1.82, 2.24) is 9.78 Å². The molecule has 0 bridgehead atoms. The van der Waals surface area contributed by atoms with Crippen LogP contribution in [0.1, 0.15) is 24.5 Å². The summed E-state index contributed by atoms with van der Waals surface area (Å²) in [7, 11) is -2.72. The van der Waals surface area contributed by atoms with Crippen molar-refractivity contribution in [3.63, 3.8) is 0 Å². The third-order valence-electron chi connectivity index (χ3n) is 8.43. The molecule has 39 heavy (non-hydrogen) atoms. The molecule has 0 saturated carbocycles. The molecule has 1 saturated heterocycles. The number of para-hydroxylation sites is 2. The predicted molar refractivity (Wildman–Crippen MR) is 152 cm³/mol. The molecule has 1 aromatic heterocycles. The third kappa shape index (κ3) is 3.91. The summed E-state index contributed by atoms with van der Waals surface area (Å²) >= 11 is 0. The van der Waals surface area contributed by atoms with E-state index in [4.69, 9.17) is 4.74 Å². The second kappa shape index (κ2) is 9.30. The van der Waals surface area contributed by atoms with Gasteiger partial charge in [-0.25, -0.2) is 4.68 Å². The number of anilines is 1. The summed E-state index contributed by atoms with van der Waals surface area (Å²) in [5.74, 6) is -0.397. The van der Waals surface area contributed by atoms with Crippen LogP contribution in [-0.2, 0) is 21.7 Å². The first-order valence-electron chi connectivity index (χ1n) is 13.4. The normalized spacial score (nSPS) is 24.7. The summed E-state index contributed by atoms with van der Waals surface area (Å²) in [4.78, 5) is 40.1. The number of aliphatic hydroxyl groups is 1. The largest absolute Gasteiger partial charge is 0.432 e. The maximum atomic E-state index is 14.3. The molecule has 9 heteroatoms. The van der Waals surface area contributed by atoms with Crippen molar-refractivity contribution in [3.05, 3.63) is 94.3 Å². The fourth-order valence-electron chi connectivity index (χ4n) is 6.76. The van der Waals surface area contributed by atoms with Gasteiger partial charge in [0.05, 0.1) is 34.9 Å². The number of aromatic nitrogens is 2. The van der Waals surface area contributed by atoms with Gasteiger partial charge in [0.25, 0.3) is 11.5 Å². The van der Waals surface area contributed by atoms with Gasteiger partial charge in [0.15, 0.2) is 13.9 Å². The van der Waals surface area contributed by atoms with Gasteiger partial charge in [0.1, 0.15) is 0 Å². The van der Waals surface area contributed by atoms with Gasteiger partial charge in [-0.15, -0.1) is 0 Å². The van der Waals surface area contributed by atoms with E-state index < -0.39 is 20.0 Å². The van der Waals surface area contributed by atoms with Gasteiger partial charge in [-0.2, -0.15) is 0 Å². The van der Waals surface area contributed by atoms with Crippen LogP contribution < -0.4 is 10.5 Å². The van der Waals surface area contributed by atoms with Crippen LogP contribution in [0.5, 0.6) is 0 Å². The Bertz CT molecular complexity index is 1610. The predicted octanol–water partition coefficient (Wildman–Crippen LogP) is 4.05. The summed E-state index contributed by atoms with van der Waals surface area (Å²) in [6, 6.07) is 22.7.